The van der Waals surface area contributed by atoms with Crippen LogP contribution in [0, 0.1) is 5.92 Å². The third kappa shape index (κ3) is 6.35. The van der Waals surface area contributed by atoms with Gasteiger partial charge >= 0.3 is 5.97 Å². The Kier molecular flexibility index (Phi) is 7.73. The molecule has 10 heteroatoms. The number of ether oxygens (including phenoxy) is 1. The summed E-state index contributed by atoms with van der Waals surface area (Å²) in [5, 5.41) is 15.8. The third-order valence-corrected chi connectivity index (χ3v) is 5.17. The molecule has 2 rings (SSSR count). The van der Waals surface area contributed by atoms with Crippen molar-refractivity contribution in [2.75, 3.05) is 0 Å². The van der Waals surface area contributed by atoms with E-state index in [-0.39, 0.29) is 12.3 Å². The fraction of sp³-hybridized carbons (Fsp3) is 0.600. The fourth-order valence-electron chi connectivity index (χ4n) is 2.92. The highest BCUT2D eigenvalue weighted by molar-refractivity contribution is 7.09. The van der Waals surface area contributed by atoms with E-state index in [2.05, 4.69) is 20.3 Å². The molecule has 0 aliphatic rings. The van der Waals surface area contributed by atoms with Crippen LogP contribution in [0.1, 0.15) is 57.8 Å². The highest BCUT2D eigenvalue weighted by Crippen LogP contribution is 2.25. The maximum atomic E-state index is 13.3. The van der Waals surface area contributed by atoms with E-state index in [0.29, 0.717) is 17.1 Å². The molecule has 0 radical (unpaired) electrons. The number of carbonyl (C=O) groups excluding carboxylic acids is 2. The van der Waals surface area contributed by atoms with Gasteiger partial charge in [0.05, 0.1) is 12.4 Å². The molecule has 0 aromatic carbocycles. The Morgan fingerprint density at radius 3 is 2.57 bits per heavy atom. The van der Waals surface area contributed by atoms with Crippen molar-refractivity contribution in [3.05, 3.63) is 34.8 Å². The Morgan fingerprint density at radius 2 is 2.07 bits per heavy atom. The van der Waals surface area contributed by atoms with Gasteiger partial charge in [-0.1, -0.05) is 13.8 Å². The predicted molar refractivity (Wildman–Crippen MR) is 114 cm³/mol. The maximum Gasteiger partial charge on any atom is 0.336 e. The van der Waals surface area contributed by atoms with Crippen molar-refractivity contribution in [2.45, 2.75) is 70.7 Å². The molecule has 0 saturated heterocycles. The number of aromatic amines is 1. The minimum Gasteiger partial charge on any atom is -0.458 e. The number of imidazole rings is 1. The number of thiazole rings is 1. The summed E-state index contributed by atoms with van der Waals surface area (Å²) in [6.45, 7) is 9.05. The molecule has 0 aliphatic heterocycles. The van der Waals surface area contributed by atoms with Crippen LogP contribution in [0.15, 0.2) is 24.1 Å². The third-order valence-electron chi connectivity index (χ3n) is 4.32. The largest absolute Gasteiger partial charge is 0.458 e. The number of aliphatic hydroxyl groups excluding tert-OH is 1. The number of aromatic nitrogens is 3. The number of nitrogens with zero attached hydrogens (tertiary/aromatic N) is 2. The van der Waals surface area contributed by atoms with Gasteiger partial charge in [-0.3, -0.25) is 4.79 Å². The van der Waals surface area contributed by atoms with Crippen molar-refractivity contribution in [3.8, 4) is 0 Å². The first-order valence-electron chi connectivity index (χ1n) is 9.80. The lowest BCUT2D eigenvalue weighted by Gasteiger charge is -2.32. The summed E-state index contributed by atoms with van der Waals surface area (Å²) in [7, 11) is 0. The molecule has 0 aliphatic carbocycles. The number of amides is 1. The van der Waals surface area contributed by atoms with Gasteiger partial charge in [0.2, 0.25) is 0 Å². The average molecular weight is 438 g/mol. The minimum atomic E-state index is -2.00. The van der Waals surface area contributed by atoms with Crippen LogP contribution in [0.25, 0.3) is 0 Å². The van der Waals surface area contributed by atoms with Crippen LogP contribution >= 0.6 is 11.3 Å². The van der Waals surface area contributed by atoms with Gasteiger partial charge in [-0.25, -0.2) is 14.8 Å². The SMILES string of the molecule is CC(C)C[C@H](NC(=O)C(N)(Cc1cnc[nH]1)C(=O)OC(C)(C)C)[C@@H](O)c1nccs1. The van der Waals surface area contributed by atoms with E-state index in [1.165, 1.54) is 23.9 Å². The summed E-state index contributed by atoms with van der Waals surface area (Å²) in [6, 6.07) is -0.671. The molecule has 0 bridgehead atoms. The van der Waals surface area contributed by atoms with Gasteiger partial charge in [-0.05, 0) is 33.1 Å². The summed E-state index contributed by atoms with van der Waals surface area (Å²) in [5.74, 6) is -1.41. The van der Waals surface area contributed by atoms with Gasteiger partial charge in [0.15, 0.2) is 5.54 Å². The Hall–Kier alpha value is -2.30. The monoisotopic (exact) mass is 437 g/mol. The Labute approximate surface area is 180 Å². The van der Waals surface area contributed by atoms with E-state index >= 15 is 0 Å². The van der Waals surface area contributed by atoms with Crippen LogP contribution < -0.4 is 11.1 Å². The topological polar surface area (TPSA) is 143 Å². The normalized spacial score (nSPS) is 16.0. The average Bonchev–Trinajstić information content (AvgIpc) is 3.32. The first kappa shape index (κ1) is 24.0. The van der Waals surface area contributed by atoms with Gasteiger partial charge in [0.25, 0.3) is 5.91 Å². The molecule has 0 fully saturated rings. The van der Waals surface area contributed by atoms with Gasteiger partial charge in [-0.15, -0.1) is 11.3 Å². The molecule has 0 saturated carbocycles. The van der Waals surface area contributed by atoms with E-state index in [1.807, 2.05) is 13.8 Å². The smallest absolute Gasteiger partial charge is 0.336 e. The first-order chi connectivity index (χ1) is 13.9. The second kappa shape index (κ2) is 9.67. The zero-order chi connectivity index (χ0) is 22.5. The molecule has 0 spiro atoms. The molecular weight excluding hydrogens is 406 g/mol. The van der Waals surface area contributed by atoms with Crippen molar-refractivity contribution < 1.29 is 19.4 Å². The van der Waals surface area contributed by atoms with Crippen molar-refractivity contribution in [1.82, 2.24) is 20.3 Å². The number of hydrogen-bond donors (Lipinski definition) is 4. The number of esters is 1. The lowest BCUT2D eigenvalue weighted by molar-refractivity contribution is -0.164. The van der Waals surface area contributed by atoms with Crippen molar-refractivity contribution in [3.63, 3.8) is 0 Å². The van der Waals surface area contributed by atoms with Gasteiger partial charge in [-0.2, -0.15) is 0 Å². The molecule has 3 atom stereocenters. The summed E-state index contributed by atoms with van der Waals surface area (Å²) in [5.41, 5.74) is 4.04. The van der Waals surface area contributed by atoms with Crippen LogP contribution in [0.4, 0.5) is 0 Å². The molecule has 166 valence electrons. The van der Waals surface area contributed by atoms with Crippen molar-refractivity contribution >= 4 is 23.2 Å². The number of nitrogens with two attached hydrogens (primary N) is 1. The molecule has 2 aromatic rings. The number of rotatable bonds is 9. The second-order valence-electron chi connectivity index (χ2n) is 8.75. The number of carbonyl (C=O) groups is 2. The highest BCUT2D eigenvalue weighted by Gasteiger charge is 2.47. The number of hydrogen-bond acceptors (Lipinski definition) is 8. The minimum absolute atomic E-state index is 0.129. The predicted octanol–water partition coefficient (Wildman–Crippen LogP) is 1.71. The van der Waals surface area contributed by atoms with Crippen LogP contribution in [0.5, 0.6) is 0 Å². The summed E-state index contributed by atoms with van der Waals surface area (Å²) in [4.78, 5) is 37.1. The molecule has 1 amide bonds. The fourth-order valence-corrected chi connectivity index (χ4v) is 3.61. The highest BCUT2D eigenvalue weighted by atomic mass is 32.1. The quantitative estimate of drug-likeness (QED) is 0.345. The van der Waals surface area contributed by atoms with Crippen LogP contribution in [-0.2, 0) is 20.7 Å². The van der Waals surface area contributed by atoms with E-state index in [9.17, 15) is 14.7 Å². The number of aliphatic hydroxyl groups is 1. The lowest BCUT2D eigenvalue weighted by atomic mass is 9.91. The maximum absolute atomic E-state index is 13.3. The van der Waals surface area contributed by atoms with Gasteiger partial charge in [0, 0.05) is 29.9 Å². The standard InChI is InChI=1S/C20H31N5O4S/c1-12(2)8-14(15(26)16-23-6-7-30-16)25-17(27)20(21,9-13-10-22-11-24-13)18(28)29-19(3,4)5/h6-7,10-12,14-15,26H,8-9,21H2,1-5H3,(H,22,24)(H,25,27)/t14-,15+,20?/m0/s1. The number of H-pyrrole nitrogens is 1. The number of nitrogens with one attached hydrogen (secondary N) is 2. The van der Waals surface area contributed by atoms with Crippen LogP contribution in [0.3, 0.4) is 0 Å². The summed E-state index contributed by atoms with van der Waals surface area (Å²) in [6.07, 6.45) is 3.85. The summed E-state index contributed by atoms with van der Waals surface area (Å²) >= 11 is 1.29. The van der Waals surface area contributed by atoms with Crippen LogP contribution in [0.2, 0.25) is 0 Å². The van der Waals surface area contributed by atoms with E-state index in [0.717, 1.165) is 0 Å². The van der Waals surface area contributed by atoms with Crippen molar-refractivity contribution in [2.24, 2.45) is 11.7 Å². The molecule has 1 unspecified atom stereocenters. The Bertz CT molecular complexity index is 817. The Balaban J connectivity index is 2.30. The second-order valence-corrected chi connectivity index (χ2v) is 9.68. The molecule has 30 heavy (non-hydrogen) atoms. The lowest BCUT2D eigenvalue weighted by Crippen LogP contribution is -2.64. The summed E-state index contributed by atoms with van der Waals surface area (Å²) < 4.78 is 5.44. The van der Waals surface area contributed by atoms with Gasteiger partial charge in [0.1, 0.15) is 16.7 Å². The molecular formula is C20H31N5O4S. The van der Waals surface area contributed by atoms with E-state index in [4.69, 9.17) is 10.5 Å². The van der Waals surface area contributed by atoms with E-state index < -0.39 is 35.2 Å². The van der Waals surface area contributed by atoms with Gasteiger partial charge < -0.3 is 25.9 Å². The molecule has 2 heterocycles. The molecule has 2 aromatic heterocycles. The first-order valence-corrected chi connectivity index (χ1v) is 10.7. The van der Waals surface area contributed by atoms with E-state index in [1.54, 1.807) is 32.3 Å². The Morgan fingerprint density at radius 1 is 1.37 bits per heavy atom. The zero-order valence-corrected chi connectivity index (χ0v) is 18.8. The molecule has 9 nitrogen and oxygen atoms in total. The van der Waals surface area contributed by atoms with Crippen molar-refractivity contribution in [1.29, 1.82) is 0 Å². The zero-order valence-electron chi connectivity index (χ0n) is 18.0. The van der Waals surface area contributed by atoms with Crippen LogP contribution in [-0.4, -0.2) is 49.1 Å². The molecule has 5 N–H and O–H groups in total.